The summed E-state index contributed by atoms with van der Waals surface area (Å²) in [6.07, 6.45) is 0.846. The number of nitrogens with one attached hydrogen (secondary N) is 3. The Morgan fingerprint density at radius 3 is 2.48 bits per heavy atom. The fraction of sp³-hybridized carbons (Fsp3) is 0.529. The van der Waals surface area contributed by atoms with E-state index >= 15 is 0 Å². The molecule has 6 nitrogen and oxygen atoms in total. The second-order valence-corrected chi connectivity index (χ2v) is 5.41. The maximum absolute atomic E-state index is 11.9. The number of urea groups is 1. The van der Waals surface area contributed by atoms with Crippen LogP contribution in [0.4, 0.5) is 4.79 Å². The lowest BCUT2D eigenvalue weighted by molar-refractivity contribution is -0.123. The van der Waals surface area contributed by atoms with Crippen molar-refractivity contribution in [3.8, 4) is 5.75 Å². The molecule has 0 aliphatic carbocycles. The van der Waals surface area contributed by atoms with Crippen LogP contribution in [0.25, 0.3) is 0 Å². The van der Waals surface area contributed by atoms with Crippen molar-refractivity contribution in [3.05, 3.63) is 29.8 Å². The molecular weight excluding hydrogens is 294 g/mol. The van der Waals surface area contributed by atoms with Gasteiger partial charge in [-0.15, -0.1) is 0 Å². The topological polar surface area (TPSA) is 79.5 Å². The molecule has 0 aliphatic rings. The third-order valence-electron chi connectivity index (χ3n) is 3.45. The zero-order valence-corrected chi connectivity index (χ0v) is 14.3. The Morgan fingerprint density at radius 1 is 1.13 bits per heavy atom. The molecule has 1 aromatic rings. The van der Waals surface area contributed by atoms with Crippen LogP contribution in [0.5, 0.6) is 5.75 Å². The molecule has 1 rings (SSSR count). The zero-order valence-electron chi connectivity index (χ0n) is 14.3. The molecule has 3 amide bonds. The first-order valence-corrected chi connectivity index (χ1v) is 8.03. The normalized spacial score (nSPS) is 12.9. The predicted molar refractivity (Wildman–Crippen MR) is 90.3 cm³/mol. The van der Waals surface area contributed by atoms with Gasteiger partial charge in [-0.1, -0.05) is 25.1 Å². The lowest BCUT2D eigenvalue weighted by Crippen LogP contribution is -2.50. The van der Waals surface area contributed by atoms with Gasteiger partial charge < -0.3 is 20.7 Å². The largest absolute Gasteiger partial charge is 0.494 e. The van der Waals surface area contributed by atoms with E-state index in [0.717, 1.165) is 17.7 Å². The Bertz CT molecular complexity index is 520. The first-order valence-electron chi connectivity index (χ1n) is 8.03. The summed E-state index contributed by atoms with van der Waals surface area (Å²) in [6, 6.07) is 6.64. The molecule has 2 unspecified atom stereocenters. The summed E-state index contributed by atoms with van der Waals surface area (Å²) < 4.78 is 5.51. The second kappa shape index (κ2) is 9.71. The number of ether oxygens (including phenoxy) is 1. The zero-order chi connectivity index (χ0) is 17.2. The molecule has 0 saturated heterocycles. The molecule has 23 heavy (non-hydrogen) atoms. The molecule has 0 aromatic heterocycles. The highest BCUT2D eigenvalue weighted by Gasteiger charge is 2.16. The van der Waals surface area contributed by atoms with Gasteiger partial charge in [0.05, 0.1) is 6.61 Å². The van der Waals surface area contributed by atoms with Crippen LogP contribution < -0.4 is 20.7 Å². The van der Waals surface area contributed by atoms with E-state index in [1.807, 2.05) is 45.0 Å². The Hall–Kier alpha value is -2.24. The van der Waals surface area contributed by atoms with Gasteiger partial charge in [0.1, 0.15) is 11.8 Å². The van der Waals surface area contributed by atoms with Crippen molar-refractivity contribution >= 4 is 11.9 Å². The number of hydrogen-bond donors (Lipinski definition) is 3. The van der Waals surface area contributed by atoms with Crippen LogP contribution in [0, 0.1) is 0 Å². The van der Waals surface area contributed by atoms with E-state index in [1.165, 1.54) is 0 Å². The summed E-state index contributed by atoms with van der Waals surface area (Å²) in [5.41, 5.74) is 0.890. The number of para-hydroxylation sites is 1. The molecule has 0 spiro atoms. The minimum atomic E-state index is -0.592. The van der Waals surface area contributed by atoms with E-state index in [0.29, 0.717) is 13.2 Å². The van der Waals surface area contributed by atoms with Gasteiger partial charge in [0.25, 0.3) is 0 Å². The molecule has 128 valence electrons. The molecule has 0 heterocycles. The van der Waals surface area contributed by atoms with Crippen LogP contribution >= 0.6 is 0 Å². The summed E-state index contributed by atoms with van der Waals surface area (Å²) in [4.78, 5) is 23.8. The van der Waals surface area contributed by atoms with Gasteiger partial charge in [-0.2, -0.15) is 0 Å². The predicted octanol–water partition coefficient (Wildman–Crippen LogP) is 2.19. The summed E-state index contributed by atoms with van der Waals surface area (Å²) in [5, 5.41) is 8.20. The molecule has 0 fully saturated rings. The van der Waals surface area contributed by atoms with Crippen LogP contribution in [0.1, 0.15) is 39.7 Å². The molecule has 6 heteroatoms. The highest BCUT2D eigenvalue weighted by Crippen LogP contribution is 2.17. The highest BCUT2D eigenvalue weighted by molar-refractivity contribution is 5.86. The molecule has 3 N–H and O–H groups in total. The fourth-order valence-corrected chi connectivity index (χ4v) is 1.90. The van der Waals surface area contributed by atoms with Crippen LogP contribution in [-0.4, -0.2) is 30.6 Å². The van der Waals surface area contributed by atoms with Gasteiger partial charge in [-0.05, 0) is 33.3 Å². The molecule has 1 aromatic carbocycles. The van der Waals surface area contributed by atoms with Gasteiger partial charge in [-0.25, -0.2) is 4.79 Å². The molecule has 0 aliphatic heterocycles. The highest BCUT2D eigenvalue weighted by atomic mass is 16.5. The first-order chi connectivity index (χ1) is 11.0. The Labute approximate surface area is 138 Å². The Morgan fingerprint density at radius 2 is 1.83 bits per heavy atom. The summed E-state index contributed by atoms with van der Waals surface area (Å²) >= 11 is 0. The number of rotatable bonds is 8. The van der Waals surface area contributed by atoms with E-state index in [9.17, 15) is 9.59 Å². The van der Waals surface area contributed by atoms with Crippen LogP contribution in [0.2, 0.25) is 0 Å². The van der Waals surface area contributed by atoms with E-state index in [1.54, 1.807) is 6.92 Å². The van der Waals surface area contributed by atoms with Gasteiger partial charge in [-0.3, -0.25) is 4.79 Å². The van der Waals surface area contributed by atoms with Crippen molar-refractivity contribution in [1.29, 1.82) is 0 Å². The molecule has 0 bridgehead atoms. The molecule has 0 radical (unpaired) electrons. The first kappa shape index (κ1) is 18.8. The van der Waals surface area contributed by atoms with E-state index in [-0.39, 0.29) is 18.0 Å². The third-order valence-corrected chi connectivity index (χ3v) is 3.45. The number of benzene rings is 1. The average Bonchev–Trinajstić information content (AvgIpc) is 2.54. The van der Waals surface area contributed by atoms with Crippen molar-refractivity contribution in [3.63, 3.8) is 0 Å². The Kier molecular flexibility index (Phi) is 7.94. The Balaban J connectivity index is 2.46. The number of hydrogen-bond acceptors (Lipinski definition) is 3. The van der Waals surface area contributed by atoms with Crippen molar-refractivity contribution < 1.29 is 14.3 Å². The molecule has 2 atom stereocenters. The smallest absolute Gasteiger partial charge is 0.315 e. The number of amides is 3. The second-order valence-electron chi connectivity index (χ2n) is 5.41. The number of carbonyl (C=O) groups is 2. The standard InChI is InChI=1S/C17H27N3O3/c1-5-12(3)19-16(21)13(4)20-17(22)18-11-14-9-7-8-10-15(14)23-6-2/h7-10,12-13H,5-6,11H2,1-4H3,(H,19,21)(H2,18,20,22). The monoisotopic (exact) mass is 321 g/mol. The van der Waals surface area contributed by atoms with Crippen molar-refractivity contribution in [2.75, 3.05) is 6.61 Å². The van der Waals surface area contributed by atoms with Crippen molar-refractivity contribution in [1.82, 2.24) is 16.0 Å². The minimum Gasteiger partial charge on any atom is -0.494 e. The van der Waals surface area contributed by atoms with Gasteiger partial charge in [0.15, 0.2) is 0 Å². The lowest BCUT2D eigenvalue weighted by Gasteiger charge is -2.18. The van der Waals surface area contributed by atoms with Crippen molar-refractivity contribution in [2.45, 2.75) is 52.7 Å². The number of carbonyl (C=O) groups excluding carboxylic acids is 2. The van der Waals surface area contributed by atoms with Crippen molar-refractivity contribution in [2.24, 2.45) is 0 Å². The summed E-state index contributed by atoms with van der Waals surface area (Å²) in [7, 11) is 0. The van der Waals surface area contributed by atoms with E-state index in [2.05, 4.69) is 16.0 Å². The quantitative estimate of drug-likeness (QED) is 0.686. The van der Waals surface area contributed by atoms with Crippen LogP contribution in [0.15, 0.2) is 24.3 Å². The maximum Gasteiger partial charge on any atom is 0.315 e. The van der Waals surface area contributed by atoms with Gasteiger partial charge in [0.2, 0.25) is 5.91 Å². The third kappa shape index (κ3) is 6.59. The van der Waals surface area contributed by atoms with Gasteiger partial charge >= 0.3 is 6.03 Å². The van der Waals surface area contributed by atoms with Gasteiger partial charge in [0, 0.05) is 18.2 Å². The molecular formula is C17H27N3O3. The maximum atomic E-state index is 11.9. The summed E-state index contributed by atoms with van der Waals surface area (Å²) in [6.45, 7) is 8.39. The molecule has 0 saturated carbocycles. The van der Waals surface area contributed by atoms with E-state index in [4.69, 9.17) is 4.74 Å². The fourth-order valence-electron chi connectivity index (χ4n) is 1.90. The minimum absolute atomic E-state index is 0.0906. The van der Waals surface area contributed by atoms with E-state index < -0.39 is 6.04 Å². The summed E-state index contributed by atoms with van der Waals surface area (Å²) in [5.74, 6) is 0.557. The van der Waals surface area contributed by atoms with Crippen LogP contribution in [0.3, 0.4) is 0 Å². The SMILES string of the molecule is CCOc1ccccc1CNC(=O)NC(C)C(=O)NC(C)CC. The average molecular weight is 321 g/mol. The van der Waals surface area contributed by atoms with Crippen LogP contribution in [-0.2, 0) is 11.3 Å². The lowest BCUT2D eigenvalue weighted by atomic mass is 10.2.